The Balaban J connectivity index is 1.97. The molecule has 55 valence electrons. The number of hydrogen-bond acceptors (Lipinski definition) is 1. The fourth-order valence-electron chi connectivity index (χ4n) is 2.32. The molecule has 10 heavy (non-hydrogen) atoms. The van der Waals surface area contributed by atoms with Crippen molar-refractivity contribution in [1.29, 1.82) is 0 Å². The molecule has 1 spiro atoms. The van der Waals surface area contributed by atoms with Crippen molar-refractivity contribution in [2.45, 2.75) is 38.5 Å². The van der Waals surface area contributed by atoms with Gasteiger partial charge in [0.2, 0.25) is 6.29 Å². The molecule has 0 heterocycles. The highest BCUT2D eigenvalue weighted by Gasteiger charge is 2.54. The van der Waals surface area contributed by atoms with Gasteiger partial charge in [-0.3, -0.25) is 4.79 Å². The molecule has 0 saturated heterocycles. The van der Waals surface area contributed by atoms with Crippen molar-refractivity contribution < 1.29 is 4.79 Å². The van der Waals surface area contributed by atoms with Crippen LogP contribution in [0.15, 0.2) is 0 Å². The van der Waals surface area contributed by atoms with Crippen LogP contribution in [-0.4, -0.2) is 6.29 Å². The molecule has 0 aromatic heterocycles. The lowest BCUT2D eigenvalue weighted by atomic mass is 9.85. The molecule has 1 radical (unpaired) electrons. The van der Waals surface area contributed by atoms with Crippen LogP contribution in [-0.2, 0) is 4.79 Å². The molecule has 0 aromatic carbocycles. The Kier molecular flexibility index (Phi) is 1.33. The summed E-state index contributed by atoms with van der Waals surface area (Å²) in [7, 11) is 0. The first-order chi connectivity index (χ1) is 4.87. The Morgan fingerprint density at radius 2 is 1.90 bits per heavy atom. The lowest BCUT2D eigenvalue weighted by molar-refractivity contribution is 0.322. The Morgan fingerprint density at radius 1 is 1.20 bits per heavy atom. The normalized spacial score (nSPS) is 35.8. The quantitative estimate of drug-likeness (QED) is 0.540. The zero-order valence-corrected chi connectivity index (χ0v) is 6.23. The van der Waals surface area contributed by atoms with Gasteiger partial charge in [-0.2, -0.15) is 0 Å². The lowest BCUT2D eigenvalue weighted by Gasteiger charge is -2.20. The second-order valence-electron chi connectivity index (χ2n) is 3.80. The summed E-state index contributed by atoms with van der Waals surface area (Å²) in [5, 5.41) is 0. The average Bonchev–Trinajstić information content (AvgIpc) is 2.65. The van der Waals surface area contributed by atoms with E-state index in [0.717, 1.165) is 6.42 Å². The number of hydrogen-bond donors (Lipinski definition) is 0. The molecule has 2 fully saturated rings. The molecular weight excluding hydrogens is 124 g/mol. The first-order valence-corrected chi connectivity index (χ1v) is 4.25. The van der Waals surface area contributed by atoms with Gasteiger partial charge in [0.05, 0.1) is 0 Å². The van der Waals surface area contributed by atoms with Crippen LogP contribution in [0.3, 0.4) is 0 Å². The van der Waals surface area contributed by atoms with E-state index in [1.54, 1.807) is 0 Å². The topological polar surface area (TPSA) is 17.1 Å². The van der Waals surface area contributed by atoms with E-state index >= 15 is 0 Å². The van der Waals surface area contributed by atoms with Gasteiger partial charge in [0.1, 0.15) is 0 Å². The molecule has 1 heteroatoms. The summed E-state index contributed by atoms with van der Waals surface area (Å²) < 4.78 is 0. The average molecular weight is 137 g/mol. The van der Waals surface area contributed by atoms with Gasteiger partial charge in [0, 0.05) is 5.92 Å². The van der Waals surface area contributed by atoms with Gasteiger partial charge in [-0.25, -0.2) is 0 Å². The summed E-state index contributed by atoms with van der Waals surface area (Å²) in [4.78, 5) is 10.3. The number of rotatable bonds is 1. The Bertz CT molecular complexity index is 145. The third-order valence-electron chi connectivity index (χ3n) is 3.18. The van der Waals surface area contributed by atoms with Gasteiger partial charge in [0.15, 0.2) is 0 Å². The molecule has 0 aromatic rings. The second-order valence-corrected chi connectivity index (χ2v) is 3.80. The molecule has 0 N–H and O–H groups in total. The van der Waals surface area contributed by atoms with Crippen LogP contribution >= 0.6 is 0 Å². The van der Waals surface area contributed by atoms with E-state index in [2.05, 4.69) is 6.29 Å². The maximum absolute atomic E-state index is 10.3. The van der Waals surface area contributed by atoms with E-state index in [9.17, 15) is 4.79 Å². The second kappa shape index (κ2) is 2.08. The minimum absolute atomic E-state index is 0.327. The summed E-state index contributed by atoms with van der Waals surface area (Å²) in [6, 6.07) is 0. The van der Waals surface area contributed by atoms with E-state index in [4.69, 9.17) is 0 Å². The van der Waals surface area contributed by atoms with E-state index in [1.807, 2.05) is 0 Å². The van der Waals surface area contributed by atoms with Crippen molar-refractivity contribution in [2.24, 2.45) is 11.3 Å². The smallest absolute Gasteiger partial charge is 0.202 e. The van der Waals surface area contributed by atoms with Gasteiger partial charge in [-0.1, -0.05) is 19.3 Å². The standard InChI is InChI=1S/C9H13O/c10-7-8-6-9(8)4-2-1-3-5-9/h8H,1-6H2. The molecule has 2 aliphatic carbocycles. The highest BCUT2D eigenvalue weighted by molar-refractivity contribution is 5.61. The van der Waals surface area contributed by atoms with E-state index in [-0.39, 0.29) is 0 Å². The lowest BCUT2D eigenvalue weighted by Crippen LogP contribution is -2.09. The molecule has 1 nitrogen and oxygen atoms in total. The van der Waals surface area contributed by atoms with Crippen LogP contribution in [0, 0.1) is 11.3 Å². The highest BCUT2D eigenvalue weighted by atomic mass is 16.1. The van der Waals surface area contributed by atoms with Crippen molar-refractivity contribution in [3.8, 4) is 0 Å². The first kappa shape index (κ1) is 6.38. The SMILES string of the molecule is O=[C]C1CC12CCCCC2. The zero-order valence-electron chi connectivity index (χ0n) is 6.23. The Hall–Kier alpha value is -0.330. The summed E-state index contributed by atoms with van der Waals surface area (Å²) in [5.41, 5.74) is 0.472. The summed E-state index contributed by atoms with van der Waals surface area (Å²) in [6.07, 6.45) is 9.97. The predicted molar refractivity (Wildman–Crippen MR) is 39.3 cm³/mol. The molecule has 0 aliphatic heterocycles. The van der Waals surface area contributed by atoms with Crippen LogP contribution in [0.5, 0.6) is 0 Å². The summed E-state index contributed by atoms with van der Waals surface area (Å²) in [6.45, 7) is 0. The third kappa shape index (κ3) is 0.799. The van der Waals surface area contributed by atoms with Gasteiger partial charge in [-0.15, -0.1) is 0 Å². The third-order valence-corrected chi connectivity index (χ3v) is 3.18. The fraction of sp³-hybridized carbons (Fsp3) is 0.889. The van der Waals surface area contributed by atoms with Crippen LogP contribution < -0.4 is 0 Å². The van der Waals surface area contributed by atoms with E-state index in [1.165, 1.54) is 32.1 Å². The first-order valence-electron chi connectivity index (χ1n) is 4.25. The molecule has 0 bridgehead atoms. The molecule has 2 aliphatic rings. The Labute approximate surface area is 61.8 Å². The molecule has 0 amide bonds. The summed E-state index contributed by atoms with van der Waals surface area (Å²) in [5.74, 6) is 0.327. The zero-order chi connectivity index (χ0) is 7.03. The molecule has 1 unspecified atom stereocenters. The highest BCUT2D eigenvalue weighted by Crippen LogP contribution is 2.60. The number of carbonyl (C=O) groups excluding carboxylic acids is 1. The van der Waals surface area contributed by atoms with Gasteiger partial charge in [0.25, 0.3) is 0 Å². The van der Waals surface area contributed by atoms with Gasteiger partial charge >= 0.3 is 0 Å². The predicted octanol–water partition coefficient (Wildman–Crippen LogP) is 2.07. The minimum Gasteiger partial charge on any atom is -0.291 e. The maximum atomic E-state index is 10.3. The fourth-order valence-corrected chi connectivity index (χ4v) is 2.32. The van der Waals surface area contributed by atoms with Crippen LogP contribution in [0.4, 0.5) is 0 Å². The van der Waals surface area contributed by atoms with Gasteiger partial charge in [-0.05, 0) is 24.7 Å². The van der Waals surface area contributed by atoms with Crippen molar-refractivity contribution in [1.82, 2.24) is 0 Å². The minimum atomic E-state index is 0.327. The van der Waals surface area contributed by atoms with Crippen molar-refractivity contribution in [3.05, 3.63) is 0 Å². The van der Waals surface area contributed by atoms with Crippen LogP contribution in [0.25, 0.3) is 0 Å². The van der Waals surface area contributed by atoms with Crippen LogP contribution in [0.2, 0.25) is 0 Å². The molecule has 2 saturated carbocycles. The van der Waals surface area contributed by atoms with E-state index < -0.39 is 0 Å². The largest absolute Gasteiger partial charge is 0.291 e. The maximum Gasteiger partial charge on any atom is 0.202 e. The van der Waals surface area contributed by atoms with Crippen molar-refractivity contribution in [3.63, 3.8) is 0 Å². The Morgan fingerprint density at radius 3 is 2.40 bits per heavy atom. The monoisotopic (exact) mass is 137 g/mol. The van der Waals surface area contributed by atoms with Crippen molar-refractivity contribution >= 4 is 6.29 Å². The summed E-state index contributed by atoms with van der Waals surface area (Å²) >= 11 is 0. The van der Waals surface area contributed by atoms with Crippen LogP contribution in [0.1, 0.15) is 38.5 Å². The van der Waals surface area contributed by atoms with Crippen molar-refractivity contribution in [2.75, 3.05) is 0 Å². The molecule has 1 atom stereocenters. The van der Waals surface area contributed by atoms with E-state index in [0.29, 0.717) is 11.3 Å². The van der Waals surface area contributed by atoms with Gasteiger partial charge < -0.3 is 0 Å². The molecular formula is C9H13O. The molecule has 2 rings (SSSR count).